The van der Waals surface area contributed by atoms with Crippen LogP contribution in [-0.4, -0.2) is 17.3 Å². The van der Waals surface area contributed by atoms with Crippen LogP contribution in [0.1, 0.15) is 30.5 Å². The molecule has 2 N–H and O–H groups in total. The Balaban J connectivity index is 2.37. The van der Waals surface area contributed by atoms with Gasteiger partial charge in [0.1, 0.15) is 0 Å². The van der Waals surface area contributed by atoms with E-state index in [1.807, 2.05) is 25.2 Å². The highest BCUT2D eigenvalue weighted by Gasteiger charge is 2.07. The van der Waals surface area contributed by atoms with Gasteiger partial charge in [-0.15, -0.1) is 11.3 Å². The number of aryl methyl sites for hydroxylation is 1. The maximum Gasteiger partial charge on any atom is 0.0662 e. The Morgan fingerprint density at radius 1 is 1.36 bits per heavy atom. The second-order valence-electron chi connectivity index (χ2n) is 3.63. The molecule has 0 aliphatic rings. The fourth-order valence-electron chi connectivity index (χ4n) is 1.14. The molecule has 0 amide bonds. The van der Waals surface area contributed by atoms with Gasteiger partial charge in [0.05, 0.1) is 6.10 Å². The van der Waals surface area contributed by atoms with E-state index in [2.05, 4.69) is 24.4 Å². The monoisotopic (exact) mass is 213 g/mol. The molecule has 1 rings (SSSR count). The quantitative estimate of drug-likeness (QED) is 0.785. The van der Waals surface area contributed by atoms with Crippen LogP contribution in [-0.2, 0) is 13.0 Å². The lowest BCUT2D eigenvalue weighted by molar-refractivity contribution is 0.152. The standard InChI is InChI=1S/C11H19NOS/c1-4-10-5-6-11(14-10)7-12-8(2)9(3)13/h5-6,8-9,12-13H,4,7H2,1-3H3. The Bertz CT molecular complexity index is 270. The largest absolute Gasteiger partial charge is 0.392 e. The summed E-state index contributed by atoms with van der Waals surface area (Å²) < 4.78 is 0. The smallest absolute Gasteiger partial charge is 0.0662 e. The highest BCUT2D eigenvalue weighted by Crippen LogP contribution is 2.16. The minimum absolute atomic E-state index is 0.155. The highest BCUT2D eigenvalue weighted by molar-refractivity contribution is 7.11. The Hall–Kier alpha value is -0.380. The zero-order valence-electron chi connectivity index (χ0n) is 9.08. The van der Waals surface area contributed by atoms with Crippen LogP contribution in [0, 0.1) is 0 Å². The number of hydrogen-bond donors (Lipinski definition) is 2. The molecule has 80 valence electrons. The van der Waals surface area contributed by atoms with Crippen molar-refractivity contribution in [1.29, 1.82) is 0 Å². The molecule has 0 saturated heterocycles. The minimum Gasteiger partial charge on any atom is -0.392 e. The Kier molecular flexibility index (Phi) is 4.58. The van der Waals surface area contributed by atoms with Crippen molar-refractivity contribution in [1.82, 2.24) is 5.32 Å². The van der Waals surface area contributed by atoms with Gasteiger partial charge in [0, 0.05) is 22.3 Å². The van der Waals surface area contributed by atoms with Gasteiger partial charge in [-0.25, -0.2) is 0 Å². The van der Waals surface area contributed by atoms with Crippen LogP contribution in [0.3, 0.4) is 0 Å². The molecule has 3 heteroatoms. The molecule has 0 fully saturated rings. The maximum atomic E-state index is 9.29. The summed E-state index contributed by atoms with van der Waals surface area (Å²) in [4.78, 5) is 2.76. The van der Waals surface area contributed by atoms with E-state index in [9.17, 15) is 5.11 Å². The summed E-state index contributed by atoms with van der Waals surface area (Å²) in [6.07, 6.45) is 0.817. The van der Waals surface area contributed by atoms with Gasteiger partial charge in [0.15, 0.2) is 0 Å². The zero-order valence-corrected chi connectivity index (χ0v) is 9.90. The number of aliphatic hydroxyl groups excluding tert-OH is 1. The van der Waals surface area contributed by atoms with E-state index in [0.717, 1.165) is 13.0 Å². The molecular formula is C11H19NOS. The molecule has 0 spiro atoms. The first-order chi connectivity index (χ1) is 6.63. The van der Waals surface area contributed by atoms with E-state index >= 15 is 0 Å². The molecule has 0 bridgehead atoms. The third-order valence-electron chi connectivity index (χ3n) is 2.39. The van der Waals surface area contributed by atoms with Crippen molar-refractivity contribution in [2.24, 2.45) is 0 Å². The molecule has 0 aromatic carbocycles. The van der Waals surface area contributed by atoms with Gasteiger partial charge in [-0.1, -0.05) is 6.92 Å². The number of rotatable bonds is 5. The van der Waals surface area contributed by atoms with Gasteiger partial charge in [-0.2, -0.15) is 0 Å². The molecule has 0 aliphatic carbocycles. The van der Waals surface area contributed by atoms with Crippen molar-refractivity contribution in [3.8, 4) is 0 Å². The van der Waals surface area contributed by atoms with Gasteiger partial charge in [-0.3, -0.25) is 0 Å². The number of hydrogen-bond acceptors (Lipinski definition) is 3. The molecule has 2 atom stereocenters. The summed E-state index contributed by atoms with van der Waals surface area (Å²) in [5.74, 6) is 0. The molecule has 1 heterocycles. The van der Waals surface area contributed by atoms with Gasteiger partial charge in [0.25, 0.3) is 0 Å². The van der Waals surface area contributed by atoms with Crippen molar-refractivity contribution in [2.45, 2.75) is 45.9 Å². The van der Waals surface area contributed by atoms with Crippen molar-refractivity contribution in [3.63, 3.8) is 0 Å². The predicted molar refractivity (Wildman–Crippen MR) is 61.7 cm³/mol. The summed E-state index contributed by atoms with van der Waals surface area (Å²) in [6, 6.07) is 4.49. The summed E-state index contributed by atoms with van der Waals surface area (Å²) in [7, 11) is 0. The average molecular weight is 213 g/mol. The summed E-state index contributed by atoms with van der Waals surface area (Å²) in [5.41, 5.74) is 0. The molecule has 0 saturated carbocycles. The van der Waals surface area contributed by atoms with Crippen molar-refractivity contribution in [3.05, 3.63) is 21.9 Å². The van der Waals surface area contributed by atoms with E-state index in [0.29, 0.717) is 0 Å². The van der Waals surface area contributed by atoms with Crippen LogP contribution >= 0.6 is 11.3 Å². The SMILES string of the molecule is CCc1ccc(CNC(C)C(C)O)s1. The number of thiophene rings is 1. The predicted octanol–water partition coefficient (Wildman–Crippen LogP) is 2.17. The van der Waals surface area contributed by atoms with Crippen LogP contribution in [0.15, 0.2) is 12.1 Å². The fraction of sp³-hybridized carbons (Fsp3) is 0.636. The first kappa shape index (κ1) is 11.7. The highest BCUT2D eigenvalue weighted by atomic mass is 32.1. The first-order valence-electron chi connectivity index (χ1n) is 5.12. The second kappa shape index (κ2) is 5.49. The Morgan fingerprint density at radius 2 is 2.00 bits per heavy atom. The van der Waals surface area contributed by atoms with Crippen LogP contribution in [0.4, 0.5) is 0 Å². The molecule has 1 aromatic heterocycles. The lowest BCUT2D eigenvalue weighted by Crippen LogP contribution is -2.34. The summed E-state index contributed by atoms with van der Waals surface area (Å²) in [5, 5.41) is 12.6. The molecule has 2 nitrogen and oxygen atoms in total. The second-order valence-corrected chi connectivity index (χ2v) is 4.88. The number of aliphatic hydroxyl groups is 1. The fourth-order valence-corrected chi connectivity index (χ4v) is 2.05. The summed E-state index contributed by atoms with van der Waals surface area (Å²) in [6.45, 7) is 6.83. The van der Waals surface area contributed by atoms with Crippen molar-refractivity contribution < 1.29 is 5.11 Å². The third kappa shape index (κ3) is 3.40. The Morgan fingerprint density at radius 3 is 2.50 bits per heavy atom. The lowest BCUT2D eigenvalue weighted by Gasteiger charge is -2.15. The molecule has 14 heavy (non-hydrogen) atoms. The summed E-state index contributed by atoms with van der Waals surface area (Å²) >= 11 is 1.84. The average Bonchev–Trinajstić information content (AvgIpc) is 2.61. The van der Waals surface area contributed by atoms with Crippen LogP contribution in [0.2, 0.25) is 0 Å². The van der Waals surface area contributed by atoms with Crippen LogP contribution < -0.4 is 5.32 Å². The topological polar surface area (TPSA) is 32.3 Å². The van der Waals surface area contributed by atoms with Crippen molar-refractivity contribution in [2.75, 3.05) is 0 Å². The number of nitrogens with one attached hydrogen (secondary N) is 1. The van der Waals surface area contributed by atoms with Crippen LogP contribution in [0.25, 0.3) is 0 Å². The Labute approximate surface area is 90.0 Å². The van der Waals surface area contributed by atoms with Gasteiger partial charge < -0.3 is 10.4 Å². The van der Waals surface area contributed by atoms with Gasteiger partial charge in [-0.05, 0) is 32.4 Å². The minimum atomic E-state index is -0.291. The molecule has 2 unspecified atom stereocenters. The van der Waals surface area contributed by atoms with E-state index < -0.39 is 0 Å². The first-order valence-corrected chi connectivity index (χ1v) is 5.94. The third-order valence-corrected chi connectivity index (χ3v) is 3.62. The zero-order chi connectivity index (χ0) is 10.6. The van der Waals surface area contributed by atoms with E-state index in [-0.39, 0.29) is 12.1 Å². The molecule has 0 aliphatic heterocycles. The molecular weight excluding hydrogens is 194 g/mol. The van der Waals surface area contributed by atoms with E-state index in [1.54, 1.807) is 0 Å². The normalized spacial score (nSPS) is 15.4. The maximum absolute atomic E-state index is 9.29. The van der Waals surface area contributed by atoms with E-state index in [1.165, 1.54) is 9.75 Å². The lowest BCUT2D eigenvalue weighted by atomic mass is 10.2. The van der Waals surface area contributed by atoms with Gasteiger partial charge >= 0.3 is 0 Å². The van der Waals surface area contributed by atoms with E-state index in [4.69, 9.17) is 0 Å². The van der Waals surface area contributed by atoms with Crippen LogP contribution in [0.5, 0.6) is 0 Å². The molecule has 0 radical (unpaired) electrons. The van der Waals surface area contributed by atoms with Gasteiger partial charge in [0.2, 0.25) is 0 Å². The van der Waals surface area contributed by atoms with Crippen molar-refractivity contribution >= 4 is 11.3 Å². The molecule has 1 aromatic rings.